The highest BCUT2D eigenvalue weighted by Gasteiger charge is 2.04. The van der Waals surface area contributed by atoms with Gasteiger partial charge < -0.3 is 5.73 Å². The number of aromatic nitrogens is 1. The van der Waals surface area contributed by atoms with Crippen LogP contribution in [0, 0.1) is 0 Å². The molecule has 76 valence electrons. The molecule has 0 saturated carbocycles. The third kappa shape index (κ3) is 2.17. The van der Waals surface area contributed by atoms with Crippen LogP contribution < -0.4 is 5.73 Å². The zero-order valence-electron chi connectivity index (χ0n) is 8.15. The summed E-state index contributed by atoms with van der Waals surface area (Å²) < 4.78 is 0. The number of halogens is 1. The predicted molar refractivity (Wildman–Crippen MR) is 62.6 cm³/mol. The average Bonchev–Trinajstić information content (AvgIpc) is 2.30. The first-order valence-electron chi connectivity index (χ1n) is 4.72. The molecule has 1 aromatic heterocycles. The molecule has 2 aromatic rings. The Hall–Kier alpha value is -1.38. The summed E-state index contributed by atoms with van der Waals surface area (Å²) in [5.41, 5.74) is 8.30. The van der Waals surface area contributed by atoms with Gasteiger partial charge in [0.25, 0.3) is 0 Å². The molecule has 0 amide bonds. The van der Waals surface area contributed by atoms with Crippen molar-refractivity contribution < 1.29 is 0 Å². The van der Waals surface area contributed by atoms with Gasteiger partial charge in [-0.15, -0.1) is 0 Å². The van der Waals surface area contributed by atoms with E-state index < -0.39 is 0 Å². The Balaban J connectivity index is 2.46. The minimum atomic E-state index is 0.411. The van der Waals surface area contributed by atoms with Crippen LogP contribution in [0.25, 0.3) is 11.1 Å². The minimum Gasteiger partial charge on any atom is -0.325 e. The second-order valence-corrected chi connectivity index (χ2v) is 3.57. The Morgan fingerprint density at radius 1 is 1.07 bits per heavy atom. The highest BCUT2D eigenvalue weighted by molar-refractivity contribution is 6.32. The van der Waals surface area contributed by atoms with Crippen molar-refractivity contribution in [1.82, 2.24) is 4.98 Å². The lowest BCUT2D eigenvalue weighted by atomic mass is 10.1. The maximum atomic E-state index is 6.08. The Morgan fingerprint density at radius 2 is 1.80 bits per heavy atom. The summed E-state index contributed by atoms with van der Waals surface area (Å²) >= 11 is 6.08. The van der Waals surface area contributed by atoms with Crippen LogP contribution in [0.1, 0.15) is 5.69 Å². The Morgan fingerprint density at radius 3 is 2.40 bits per heavy atom. The van der Waals surface area contributed by atoms with Crippen molar-refractivity contribution in [3.05, 3.63) is 53.3 Å². The summed E-state index contributed by atoms with van der Waals surface area (Å²) in [7, 11) is 0. The van der Waals surface area contributed by atoms with Gasteiger partial charge in [-0.2, -0.15) is 0 Å². The normalized spacial score (nSPS) is 10.3. The number of pyridine rings is 1. The molecular formula is C12H11ClN2. The standard InChI is InChI=1S/C12H11ClN2/c13-12-11(7-6-10(8-14)15-12)9-4-2-1-3-5-9/h1-7H,8,14H2. The number of hydrogen-bond acceptors (Lipinski definition) is 2. The molecule has 1 heterocycles. The van der Waals surface area contributed by atoms with E-state index in [1.807, 2.05) is 42.5 Å². The van der Waals surface area contributed by atoms with Crippen molar-refractivity contribution in [2.24, 2.45) is 5.73 Å². The molecule has 0 bridgehead atoms. The highest BCUT2D eigenvalue weighted by Crippen LogP contribution is 2.25. The van der Waals surface area contributed by atoms with E-state index in [0.29, 0.717) is 11.7 Å². The first kappa shape index (κ1) is 10.1. The van der Waals surface area contributed by atoms with Gasteiger partial charge in [-0.05, 0) is 17.7 Å². The number of rotatable bonds is 2. The van der Waals surface area contributed by atoms with Crippen LogP contribution in [0.15, 0.2) is 42.5 Å². The Bertz CT molecular complexity index is 454. The van der Waals surface area contributed by atoms with E-state index in [1.165, 1.54) is 0 Å². The van der Waals surface area contributed by atoms with Gasteiger partial charge in [0.15, 0.2) is 0 Å². The number of benzene rings is 1. The van der Waals surface area contributed by atoms with E-state index >= 15 is 0 Å². The molecule has 15 heavy (non-hydrogen) atoms. The average molecular weight is 219 g/mol. The predicted octanol–water partition coefficient (Wildman–Crippen LogP) is 2.86. The van der Waals surface area contributed by atoms with Crippen LogP contribution in [0.2, 0.25) is 5.15 Å². The van der Waals surface area contributed by atoms with Crippen molar-refractivity contribution >= 4 is 11.6 Å². The number of nitrogens with two attached hydrogens (primary N) is 1. The van der Waals surface area contributed by atoms with Gasteiger partial charge in [0.05, 0.1) is 5.69 Å². The summed E-state index contributed by atoms with van der Waals surface area (Å²) in [5, 5.41) is 0.504. The molecular weight excluding hydrogens is 208 g/mol. The van der Waals surface area contributed by atoms with E-state index in [-0.39, 0.29) is 0 Å². The third-order valence-electron chi connectivity index (χ3n) is 2.20. The second-order valence-electron chi connectivity index (χ2n) is 3.21. The van der Waals surface area contributed by atoms with E-state index in [0.717, 1.165) is 16.8 Å². The molecule has 0 spiro atoms. The zero-order chi connectivity index (χ0) is 10.7. The fraction of sp³-hybridized carbons (Fsp3) is 0.0833. The van der Waals surface area contributed by atoms with Crippen LogP contribution in [0.5, 0.6) is 0 Å². The SMILES string of the molecule is NCc1ccc(-c2ccccc2)c(Cl)n1. The van der Waals surface area contributed by atoms with Gasteiger partial charge in [0, 0.05) is 12.1 Å². The van der Waals surface area contributed by atoms with E-state index in [2.05, 4.69) is 4.98 Å². The summed E-state index contributed by atoms with van der Waals surface area (Å²) in [6.07, 6.45) is 0. The molecule has 0 atom stereocenters. The van der Waals surface area contributed by atoms with Gasteiger partial charge >= 0.3 is 0 Å². The van der Waals surface area contributed by atoms with E-state index in [4.69, 9.17) is 17.3 Å². The van der Waals surface area contributed by atoms with Crippen LogP contribution in [0.4, 0.5) is 0 Å². The summed E-state index contributed by atoms with van der Waals surface area (Å²) in [5.74, 6) is 0. The molecule has 2 N–H and O–H groups in total. The van der Waals surface area contributed by atoms with Crippen LogP contribution in [-0.2, 0) is 6.54 Å². The smallest absolute Gasteiger partial charge is 0.137 e. The van der Waals surface area contributed by atoms with Crippen molar-refractivity contribution in [2.75, 3.05) is 0 Å². The van der Waals surface area contributed by atoms with Gasteiger partial charge in [-0.1, -0.05) is 41.9 Å². The summed E-state index contributed by atoms with van der Waals surface area (Å²) in [6.45, 7) is 0.411. The fourth-order valence-corrected chi connectivity index (χ4v) is 1.70. The lowest BCUT2D eigenvalue weighted by Gasteiger charge is -2.04. The van der Waals surface area contributed by atoms with Crippen LogP contribution in [-0.4, -0.2) is 4.98 Å². The quantitative estimate of drug-likeness (QED) is 0.788. The molecule has 0 radical (unpaired) electrons. The molecule has 2 nitrogen and oxygen atoms in total. The molecule has 0 aliphatic rings. The number of hydrogen-bond donors (Lipinski definition) is 1. The lowest BCUT2D eigenvalue weighted by molar-refractivity contribution is 0.992. The van der Waals surface area contributed by atoms with Crippen LogP contribution in [0.3, 0.4) is 0 Å². The first-order valence-corrected chi connectivity index (χ1v) is 5.10. The zero-order valence-corrected chi connectivity index (χ0v) is 8.91. The highest BCUT2D eigenvalue weighted by atomic mass is 35.5. The Labute approximate surface area is 93.7 Å². The van der Waals surface area contributed by atoms with E-state index in [9.17, 15) is 0 Å². The molecule has 1 aromatic carbocycles. The van der Waals surface area contributed by atoms with Gasteiger partial charge in [0.2, 0.25) is 0 Å². The molecule has 0 saturated heterocycles. The lowest BCUT2D eigenvalue weighted by Crippen LogP contribution is -1.99. The molecule has 0 aliphatic carbocycles. The first-order chi connectivity index (χ1) is 7.31. The fourth-order valence-electron chi connectivity index (χ4n) is 1.42. The molecule has 2 rings (SSSR count). The van der Waals surface area contributed by atoms with Crippen molar-refractivity contribution in [3.63, 3.8) is 0 Å². The number of nitrogens with zero attached hydrogens (tertiary/aromatic N) is 1. The van der Waals surface area contributed by atoms with Gasteiger partial charge in [-0.3, -0.25) is 0 Å². The maximum Gasteiger partial charge on any atom is 0.137 e. The van der Waals surface area contributed by atoms with Gasteiger partial charge in [-0.25, -0.2) is 4.98 Å². The summed E-state index contributed by atoms with van der Waals surface area (Å²) in [6, 6.07) is 13.8. The van der Waals surface area contributed by atoms with Crippen molar-refractivity contribution in [2.45, 2.75) is 6.54 Å². The minimum absolute atomic E-state index is 0.411. The third-order valence-corrected chi connectivity index (χ3v) is 2.49. The molecule has 0 fully saturated rings. The van der Waals surface area contributed by atoms with Crippen molar-refractivity contribution in [1.29, 1.82) is 0 Å². The maximum absolute atomic E-state index is 6.08. The van der Waals surface area contributed by atoms with Crippen LogP contribution >= 0.6 is 11.6 Å². The molecule has 0 aliphatic heterocycles. The van der Waals surface area contributed by atoms with E-state index in [1.54, 1.807) is 0 Å². The largest absolute Gasteiger partial charge is 0.325 e. The topological polar surface area (TPSA) is 38.9 Å². The molecule has 3 heteroatoms. The monoisotopic (exact) mass is 218 g/mol. The summed E-state index contributed by atoms with van der Waals surface area (Å²) in [4.78, 5) is 4.21. The molecule has 0 unspecified atom stereocenters. The second kappa shape index (κ2) is 4.43. The van der Waals surface area contributed by atoms with Gasteiger partial charge in [0.1, 0.15) is 5.15 Å². The Kier molecular flexibility index (Phi) is 2.99. The van der Waals surface area contributed by atoms with Crippen molar-refractivity contribution in [3.8, 4) is 11.1 Å².